The molecule has 0 aliphatic heterocycles. The fourth-order valence-electron chi connectivity index (χ4n) is 0.812. The van der Waals surface area contributed by atoms with Gasteiger partial charge in [-0.25, -0.2) is 4.98 Å². The van der Waals surface area contributed by atoms with Crippen LogP contribution in [0.15, 0.2) is 10.7 Å². The van der Waals surface area contributed by atoms with Crippen molar-refractivity contribution in [1.82, 2.24) is 4.98 Å². The lowest BCUT2D eigenvalue weighted by molar-refractivity contribution is 1.09. The van der Waals surface area contributed by atoms with Crippen molar-refractivity contribution in [2.75, 3.05) is 0 Å². The molecule has 0 aliphatic carbocycles. The Morgan fingerprint density at radius 3 is 2.30 bits per heavy atom. The number of nitrogens with zero attached hydrogens (tertiary/aromatic N) is 1. The molecule has 0 fully saturated rings. The number of aromatic nitrogens is 1. The minimum absolute atomic E-state index is 0.954. The summed E-state index contributed by atoms with van der Waals surface area (Å²) >= 11 is 3.37. The van der Waals surface area contributed by atoms with Crippen LogP contribution < -0.4 is 0 Å². The number of aryl methyl sites for hydroxylation is 3. The van der Waals surface area contributed by atoms with E-state index in [1.54, 1.807) is 0 Å². The van der Waals surface area contributed by atoms with E-state index in [1.807, 2.05) is 13.8 Å². The van der Waals surface area contributed by atoms with Crippen molar-refractivity contribution < 1.29 is 0 Å². The smallest absolute Gasteiger partial charge is 0.109 e. The highest BCUT2D eigenvalue weighted by molar-refractivity contribution is 9.10. The first-order valence-electron chi connectivity index (χ1n) is 3.21. The fraction of sp³-hybridized carbons (Fsp3) is 0.375. The van der Waals surface area contributed by atoms with Gasteiger partial charge in [-0.15, -0.1) is 0 Å². The maximum atomic E-state index is 4.29. The Bertz CT molecular complexity index is 205. The van der Waals surface area contributed by atoms with Crippen LogP contribution in [0.1, 0.15) is 16.8 Å². The summed E-state index contributed by atoms with van der Waals surface area (Å²) in [6.07, 6.45) is 0. The van der Waals surface area contributed by atoms with Gasteiger partial charge in [0.2, 0.25) is 0 Å². The number of rotatable bonds is 0. The molecule has 0 saturated carbocycles. The second kappa shape index (κ2) is 2.70. The summed E-state index contributed by atoms with van der Waals surface area (Å²) in [7, 11) is 0. The van der Waals surface area contributed by atoms with E-state index in [-0.39, 0.29) is 0 Å². The van der Waals surface area contributed by atoms with Crippen LogP contribution in [0.4, 0.5) is 0 Å². The summed E-state index contributed by atoms with van der Waals surface area (Å²) < 4.78 is 0.954. The Hall–Kier alpha value is -0.370. The van der Waals surface area contributed by atoms with E-state index in [1.165, 1.54) is 11.1 Å². The van der Waals surface area contributed by atoms with Crippen molar-refractivity contribution in [3.05, 3.63) is 27.5 Å². The van der Waals surface area contributed by atoms with Gasteiger partial charge in [0.15, 0.2) is 0 Å². The van der Waals surface area contributed by atoms with Crippen molar-refractivity contribution in [3.63, 3.8) is 0 Å². The predicted octanol–water partition coefficient (Wildman–Crippen LogP) is 2.77. The molecule has 0 amide bonds. The molecule has 0 atom stereocenters. The van der Waals surface area contributed by atoms with Gasteiger partial charge in [-0.1, -0.05) is 6.07 Å². The molecule has 0 spiro atoms. The lowest BCUT2D eigenvalue weighted by Crippen LogP contribution is -1.89. The first kappa shape index (κ1) is 7.73. The highest BCUT2D eigenvalue weighted by atomic mass is 79.9. The SMILES string of the molecule is Cc1cc(C)c(Br)nc1C. The second-order valence-corrected chi connectivity index (χ2v) is 3.25. The summed E-state index contributed by atoms with van der Waals surface area (Å²) in [6.45, 7) is 6.13. The third-order valence-corrected chi connectivity index (χ3v) is 2.40. The van der Waals surface area contributed by atoms with E-state index in [0.717, 1.165) is 10.3 Å². The maximum absolute atomic E-state index is 4.29. The van der Waals surface area contributed by atoms with Gasteiger partial charge in [-0.2, -0.15) is 0 Å². The Kier molecular flexibility index (Phi) is 2.09. The van der Waals surface area contributed by atoms with Gasteiger partial charge in [0, 0.05) is 5.69 Å². The lowest BCUT2D eigenvalue weighted by Gasteiger charge is -2.01. The topological polar surface area (TPSA) is 12.9 Å². The van der Waals surface area contributed by atoms with E-state index in [4.69, 9.17) is 0 Å². The Morgan fingerprint density at radius 2 is 1.80 bits per heavy atom. The normalized spacial score (nSPS) is 10.0. The third-order valence-electron chi connectivity index (χ3n) is 1.59. The Labute approximate surface area is 69.6 Å². The van der Waals surface area contributed by atoms with E-state index >= 15 is 0 Å². The van der Waals surface area contributed by atoms with Crippen LogP contribution in [-0.2, 0) is 0 Å². The van der Waals surface area contributed by atoms with E-state index in [2.05, 4.69) is 33.9 Å². The van der Waals surface area contributed by atoms with Crippen molar-refractivity contribution in [1.29, 1.82) is 0 Å². The number of hydrogen-bond acceptors (Lipinski definition) is 1. The predicted molar refractivity (Wildman–Crippen MR) is 46.1 cm³/mol. The molecule has 1 nitrogen and oxygen atoms in total. The quantitative estimate of drug-likeness (QED) is 0.586. The number of hydrogen-bond donors (Lipinski definition) is 0. The van der Waals surface area contributed by atoms with Crippen LogP contribution in [-0.4, -0.2) is 4.98 Å². The van der Waals surface area contributed by atoms with Gasteiger partial charge >= 0.3 is 0 Å². The first-order chi connectivity index (χ1) is 4.61. The van der Waals surface area contributed by atoms with Crippen LogP contribution in [0, 0.1) is 20.8 Å². The van der Waals surface area contributed by atoms with E-state index < -0.39 is 0 Å². The molecule has 1 rings (SSSR count). The summed E-state index contributed by atoms with van der Waals surface area (Å²) in [5, 5.41) is 0. The lowest BCUT2D eigenvalue weighted by atomic mass is 10.2. The molecule has 0 aromatic carbocycles. The van der Waals surface area contributed by atoms with Crippen LogP contribution in [0.3, 0.4) is 0 Å². The molecule has 0 radical (unpaired) electrons. The van der Waals surface area contributed by atoms with E-state index in [0.29, 0.717) is 0 Å². The van der Waals surface area contributed by atoms with Crippen molar-refractivity contribution in [2.45, 2.75) is 20.8 Å². The first-order valence-corrected chi connectivity index (χ1v) is 4.01. The zero-order valence-electron chi connectivity index (χ0n) is 6.40. The highest BCUT2D eigenvalue weighted by Crippen LogP contribution is 2.15. The zero-order valence-corrected chi connectivity index (χ0v) is 7.99. The monoisotopic (exact) mass is 199 g/mol. The average Bonchev–Trinajstić information content (AvgIpc) is 1.84. The fourth-order valence-corrected chi connectivity index (χ4v) is 1.19. The van der Waals surface area contributed by atoms with Crippen LogP contribution in [0.5, 0.6) is 0 Å². The number of pyridine rings is 1. The Balaban J connectivity index is 3.28. The molecule has 0 saturated heterocycles. The minimum atomic E-state index is 0.954. The van der Waals surface area contributed by atoms with Crippen LogP contribution >= 0.6 is 15.9 Å². The summed E-state index contributed by atoms with van der Waals surface area (Å²) in [5.74, 6) is 0. The van der Waals surface area contributed by atoms with Gasteiger partial charge in [0.1, 0.15) is 4.60 Å². The van der Waals surface area contributed by atoms with Gasteiger partial charge < -0.3 is 0 Å². The summed E-state index contributed by atoms with van der Waals surface area (Å²) in [5.41, 5.74) is 3.54. The maximum Gasteiger partial charge on any atom is 0.109 e. The molecule has 0 unspecified atom stereocenters. The van der Waals surface area contributed by atoms with E-state index in [9.17, 15) is 0 Å². The third kappa shape index (κ3) is 1.37. The number of halogens is 1. The minimum Gasteiger partial charge on any atom is -0.246 e. The summed E-state index contributed by atoms with van der Waals surface area (Å²) in [6, 6.07) is 2.13. The molecule has 54 valence electrons. The van der Waals surface area contributed by atoms with Gasteiger partial charge in [-0.05, 0) is 47.8 Å². The molecule has 10 heavy (non-hydrogen) atoms. The molecular formula is C8H10BrN. The molecule has 0 bridgehead atoms. The standard InChI is InChI=1S/C8H10BrN/c1-5-4-6(2)8(9)10-7(5)3/h4H,1-3H3. The van der Waals surface area contributed by atoms with Crippen molar-refractivity contribution in [2.24, 2.45) is 0 Å². The molecule has 0 aliphatic rings. The molecular weight excluding hydrogens is 190 g/mol. The highest BCUT2D eigenvalue weighted by Gasteiger charge is 1.98. The molecule has 1 aromatic rings. The van der Waals surface area contributed by atoms with Crippen molar-refractivity contribution >= 4 is 15.9 Å². The molecule has 2 heteroatoms. The largest absolute Gasteiger partial charge is 0.246 e. The molecule has 1 heterocycles. The van der Waals surface area contributed by atoms with Crippen molar-refractivity contribution in [3.8, 4) is 0 Å². The Morgan fingerprint density at radius 1 is 1.20 bits per heavy atom. The van der Waals surface area contributed by atoms with Crippen LogP contribution in [0.2, 0.25) is 0 Å². The average molecular weight is 200 g/mol. The molecule has 1 aromatic heterocycles. The van der Waals surface area contributed by atoms with Gasteiger partial charge in [0.25, 0.3) is 0 Å². The molecule has 0 N–H and O–H groups in total. The second-order valence-electron chi connectivity index (χ2n) is 2.50. The zero-order chi connectivity index (χ0) is 7.72. The summed E-state index contributed by atoms with van der Waals surface area (Å²) in [4.78, 5) is 4.29. The van der Waals surface area contributed by atoms with Gasteiger partial charge in [-0.3, -0.25) is 0 Å². The van der Waals surface area contributed by atoms with Gasteiger partial charge in [0.05, 0.1) is 0 Å². The van der Waals surface area contributed by atoms with Crippen LogP contribution in [0.25, 0.3) is 0 Å².